The highest BCUT2D eigenvalue weighted by Gasteiger charge is 2.66. The summed E-state index contributed by atoms with van der Waals surface area (Å²) in [6.45, 7) is 0. The Bertz CT molecular complexity index is 888. The van der Waals surface area contributed by atoms with Crippen LogP contribution in [-0.4, -0.2) is 56.7 Å². The van der Waals surface area contributed by atoms with Crippen LogP contribution in [0.3, 0.4) is 0 Å². The van der Waals surface area contributed by atoms with Gasteiger partial charge in [-0.2, -0.15) is 43.9 Å². The average molecular weight is 490 g/mol. The Balaban J connectivity index is 4.83. The molecule has 32 heavy (non-hydrogen) atoms. The van der Waals surface area contributed by atoms with E-state index >= 15 is 0 Å². The first-order chi connectivity index (χ1) is 14.0. The van der Waals surface area contributed by atoms with Crippen molar-refractivity contribution in [2.24, 2.45) is 0 Å². The van der Waals surface area contributed by atoms with Crippen LogP contribution in [0, 0.1) is 0 Å². The second-order valence-electron chi connectivity index (χ2n) is 5.61. The van der Waals surface area contributed by atoms with Gasteiger partial charge < -0.3 is 20.4 Å². The molecule has 0 heterocycles. The smallest absolute Gasteiger partial charge is 0.458 e. The number of hydrogen-bond acceptors (Lipinski definition) is 4. The minimum atomic E-state index is -6.99. The standard InChI is InChI=1S/C14H4F10O8/c15-11(16,13(19,20)21)5-1(7(25)26)2(8(27)28)6(12(17,18)14(22,23)24)4(10(31)32)3(5)9(29)30/h(H,25,26)(H,27,28)(H,29,30)(H,31,32). The molecule has 0 aliphatic carbocycles. The zero-order chi connectivity index (χ0) is 25.8. The molecule has 0 aliphatic heterocycles. The second-order valence-corrected chi connectivity index (χ2v) is 5.61. The quantitative estimate of drug-likeness (QED) is 0.441. The lowest BCUT2D eigenvalue weighted by atomic mass is 9.81. The molecule has 4 N–H and O–H groups in total. The third-order valence-electron chi connectivity index (χ3n) is 3.70. The van der Waals surface area contributed by atoms with Gasteiger partial charge in [0.2, 0.25) is 0 Å². The Kier molecular flexibility index (Phi) is 6.21. The van der Waals surface area contributed by atoms with E-state index in [0.29, 0.717) is 0 Å². The van der Waals surface area contributed by atoms with Crippen LogP contribution in [0.1, 0.15) is 52.6 Å². The number of carbonyl (C=O) groups is 4. The van der Waals surface area contributed by atoms with E-state index in [9.17, 15) is 63.1 Å². The van der Waals surface area contributed by atoms with Gasteiger partial charge in [0.25, 0.3) is 0 Å². The van der Waals surface area contributed by atoms with Gasteiger partial charge in [-0.3, -0.25) is 0 Å². The molecule has 0 saturated heterocycles. The molecule has 8 nitrogen and oxygen atoms in total. The largest absolute Gasteiger partial charge is 0.478 e. The molecule has 18 heteroatoms. The molecule has 0 radical (unpaired) electrons. The number of carboxylic acid groups (broad SMARTS) is 4. The summed E-state index contributed by atoms with van der Waals surface area (Å²) in [4.78, 5) is 45.1. The zero-order valence-electron chi connectivity index (χ0n) is 14.2. The van der Waals surface area contributed by atoms with Crippen molar-refractivity contribution in [1.82, 2.24) is 0 Å². The summed E-state index contributed by atoms with van der Waals surface area (Å²) in [5.41, 5.74) is -19.5. The van der Waals surface area contributed by atoms with Crippen molar-refractivity contribution in [3.05, 3.63) is 33.4 Å². The summed E-state index contributed by atoms with van der Waals surface area (Å²) in [6.07, 6.45) is -14.0. The molecular weight excluding hydrogens is 486 g/mol. The molecule has 0 spiro atoms. The van der Waals surface area contributed by atoms with Crippen molar-refractivity contribution in [1.29, 1.82) is 0 Å². The molecule has 1 aromatic rings. The summed E-state index contributed by atoms with van der Waals surface area (Å²) in [6, 6.07) is 0. The third kappa shape index (κ3) is 3.86. The van der Waals surface area contributed by atoms with Gasteiger partial charge in [-0.1, -0.05) is 0 Å². The van der Waals surface area contributed by atoms with Gasteiger partial charge in [0.05, 0.1) is 33.4 Å². The maximum Gasteiger partial charge on any atom is 0.458 e. The van der Waals surface area contributed by atoms with E-state index in [1.165, 1.54) is 0 Å². The number of alkyl halides is 10. The zero-order valence-corrected chi connectivity index (χ0v) is 14.2. The van der Waals surface area contributed by atoms with Crippen molar-refractivity contribution in [2.75, 3.05) is 0 Å². The Morgan fingerprint density at radius 3 is 0.688 bits per heavy atom. The van der Waals surface area contributed by atoms with Crippen LogP contribution in [0.2, 0.25) is 0 Å². The normalized spacial score (nSPS) is 13.1. The van der Waals surface area contributed by atoms with Crippen LogP contribution in [0.5, 0.6) is 0 Å². The van der Waals surface area contributed by atoms with E-state index in [-0.39, 0.29) is 0 Å². The molecule has 1 rings (SSSR count). The summed E-state index contributed by atoms with van der Waals surface area (Å²) in [5.74, 6) is -26.7. The number of benzene rings is 1. The first-order valence-electron chi connectivity index (χ1n) is 7.10. The highest BCUT2D eigenvalue weighted by molar-refractivity contribution is 6.13. The van der Waals surface area contributed by atoms with Crippen LogP contribution in [0.4, 0.5) is 43.9 Å². The monoisotopic (exact) mass is 490 g/mol. The fourth-order valence-corrected chi connectivity index (χ4v) is 2.52. The average Bonchev–Trinajstić information content (AvgIpc) is 2.56. The molecule has 1 aromatic carbocycles. The van der Waals surface area contributed by atoms with E-state index in [0.717, 1.165) is 0 Å². The van der Waals surface area contributed by atoms with E-state index in [1.54, 1.807) is 0 Å². The van der Waals surface area contributed by atoms with Crippen molar-refractivity contribution in [2.45, 2.75) is 24.2 Å². The van der Waals surface area contributed by atoms with Crippen molar-refractivity contribution in [3.63, 3.8) is 0 Å². The highest BCUT2D eigenvalue weighted by atomic mass is 19.4. The molecule has 0 aliphatic rings. The van der Waals surface area contributed by atoms with Gasteiger partial charge in [-0.05, 0) is 0 Å². The van der Waals surface area contributed by atoms with Gasteiger partial charge in [-0.25, -0.2) is 19.2 Å². The molecule has 0 unspecified atom stereocenters. The highest BCUT2D eigenvalue weighted by Crippen LogP contribution is 2.53. The Morgan fingerprint density at radius 1 is 0.438 bits per heavy atom. The lowest BCUT2D eigenvalue weighted by molar-refractivity contribution is -0.291. The number of carboxylic acids is 4. The van der Waals surface area contributed by atoms with Gasteiger partial charge in [-0.15, -0.1) is 0 Å². The molecular formula is C14H4F10O8. The maximum absolute atomic E-state index is 14.0. The van der Waals surface area contributed by atoms with E-state index < -0.39 is 81.5 Å². The first-order valence-corrected chi connectivity index (χ1v) is 7.10. The Labute approximate surface area is 166 Å². The van der Waals surface area contributed by atoms with Gasteiger partial charge in [0, 0.05) is 0 Å². The minimum Gasteiger partial charge on any atom is -0.478 e. The summed E-state index contributed by atoms with van der Waals surface area (Å²) < 4.78 is 133. The lowest BCUT2D eigenvalue weighted by Crippen LogP contribution is -2.42. The fourth-order valence-electron chi connectivity index (χ4n) is 2.52. The first kappa shape index (κ1) is 26.4. The molecule has 0 fully saturated rings. The topological polar surface area (TPSA) is 149 Å². The van der Waals surface area contributed by atoms with Gasteiger partial charge in [0.15, 0.2) is 0 Å². The number of aromatic carboxylic acids is 4. The summed E-state index contributed by atoms with van der Waals surface area (Å²) in [5, 5.41) is 35.7. The fraction of sp³-hybridized carbons (Fsp3) is 0.286. The van der Waals surface area contributed by atoms with Gasteiger partial charge >= 0.3 is 48.1 Å². The van der Waals surface area contributed by atoms with Gasteiger partial charge in [0.1, 0.15) is 0 Å². The van der Waals surface area contributed by atoms with E-state index in [4.69, 9.17) is 20.4 Å². The minimum absolute atomic E-state index is 3.14. The second kappa shape index (κ2) is 7.52. The van der Waals surface area contributed by atoms with Crippen molar-refractivity contribution in [3.8, 4) is 0 Å². The number of halogens is 10. The summed E-state index contributed by atoms with van der Waals surface area (Å²) in [7, 11) is 0. The van der Waals surface area contributed by atoms with Crippen LogP contribution in [0.25, 0.3) is 0 Å². The van der Waals surface area contributed by atoms with Crippen molar-refractivity contribution < 1.29 is 83.5 Å². The van der Waals surface area contributed by atoms with Crippen LogP contribution in [0.15, 0.2) is 0 Å². The van der Waals surface area contributed by atoms with Crippen LogP contribution < -0.4 is 0 Å². The molecule has 0 aromatic heterocycles. The maximum atomic E-state index is 14.0. The number of rotatable bonds is 6. The van der Waals surface area contributed by atoms with E-state index in [1.807, 2.05) is 0 Å². The molecule has 0 saturated carbocycles. The Hall–Kier alpha value is -3.60. The van der Waals surface area contributed by atoms with Crippen LogP contribution >= 0.6 is 0 Å². The molecule has 0 atom stereocenters. The number of hydrogen-bond donors (Lipinski definition) is 4. The lowest BCUT2D eigenvalue weighted by Gasteiger charge is -2.29. The van der Waals surface area contributed by atoms with Crippen LogP contribution in [-0.2, 0) is 11.8 Å². The molecule has 178 valence electrons. The SMILES string of the molecule is O=C(O)c1c(C(=O)O)c(C(F)(F)C(F)(F)F)c(C(=O)O)c(C(=O)O)c1C(F)(F)C(F)(F)F. The Morgan fingerprint density at radius 2 is 0.594 bits per heavy atom. The van der Waals surface area contributed by atoms with Crippen molar-refractivity contribution >= 4 is 23.9 Å². The molecule has 0 amide bonds. The third-order valence-corrected chi connectivity index (χ3v) is 3.70. The molecule has 0 bridgehead atoms. The predicted octanol–water partition coefficient (Wildman–Crippen LogP) is 3.79. The predicted molar refractivity (Wildman–Crippen MR) is 74.2 cm³/mol. The summed E-state index contributed by atoms with van der Waals surface area (Å²) >= 11 is 0. The van der Waals surface area contributed by atoms with E-state index in [2.05, 4.69) is 0 Å².